The number of ether oxygens (including phenoxy) is 1. The average Bonchev–Trinajstić information content (AvgIpc) is 2.67. The van der Waals surface area contributed by atoms with Gasteiger partial charge in [0.15, 0.2) is 5.96 Å². The SMILES string of the molecule is CCNC(=NCc1ccc(C)cc1OC(C)C)NCCN1CCN(C(C)=O)CC1. The molecule has 1 amide bonds. The molecule has 0 aliphatic carbocycles. The van der Waals surface area contributed by atoms with Gasteiger partial charge in [0.1, 0.15) is 5.75 Å². The normalized spacial score (nSPS) is 15.5. The minimum atomic E-state index is 0.134. The van der Waals surface area contributed by atoms with E-state index in [-0.39, 0.29) is 12.0 Å². The lowest BCUT2D eigenvalue weighted by molar-refractivity contribution is -0.130. The Labute approximate surface area is 175 Å². The minimum Gasteiger partial charge on any atom is -0.491 e. The van der Waals surface area contributed by atoms with Crippen molar-refractivity contribution in [3.63, 3.8) is 0 Å². The van der Waals surface area contributed by atoms with Crippen LogP contribution in [0.1, 0.15) is 38.8 Å². The number of aliphatic imine (C=N–C) groups is 1. The molecule has 29 heavy (non-hydrogen) atoms. The zero-order valence-electron chi connectivity index (χ0n) is 18.6. The van der Waals surface area contributed by atoms with Crippen LogP contribution in [-0.2, 0) is 11.3 Å². The quantitative estimate of drug-likeness (QED) is 0.513. The number of amides is 1. The summed E-state index contributed by atoms with van der Waals surface area (Å²) < 4.78 is 5.96. The van der Waals surface area contributed by atoms with Gasteiger partial charge in [-0.25, -0.2) is 4.99 Å². The van der Waals surface area contributed by atoms with Crippen molar-refractivity contribution in [2.45, 2.75) is 47.3 Å². The summed E-state index contributed by atoms with van der Waals surface area (Å²) in [7, 11) is 0. The van der Waals surface area contributed by atoms with Gasteiger partial charge in [-0.2, -0.15) is 0 Å². The molecule has 7 heteroatoms. The molecule has 162 valence electrons. The lowest BCUT2D eigenvalue weighted by Crippen LogP contribution is -2.50. The summed E-state index contributed by atoms with van der Waals surface area (Å²) in [5.74, 6) is 1.88. The molecular weight excluding hydrogens is 366 g/mol. The molecule has 1 saturated heterocycles. The highest BCUT2D eigenvalue weighted by Gasteiger charge is 2.18. The molecule has 1 heterocycles. The van der Waals surface area contributed by atoms with Crippen molar-refractivity contribution in [3.05, 3.63) is 29.3 Å². The van der Waals surface area contributed by atoms with Crippen molar-refractivity contribution in [1.82, 2.24) is 20.4 Å². The number of hydrogen-bond acceptors (Lipinski definition) is 4. The van der Waals surface area contributed by atoms with E-state index in [0.29, 0.717) is 6.54 Å². The van der Waals surface area contributed by atoms with Crippen LogP contribution in [0.5, 0.6) is 5.75 Å². The molecule has 1 aliphatic rings. The van der Waals surface area contributed by atoms with E-state index in [2.05, 4.69) is 47.6 Å². The predicted molar refractivity (Wildman–Crippen MR) is 118 cm³/mol. The second-order valence-electron chi connectivity index (χ2n) is 7.75. The van der Waals surface area contributed by atoms with Crippen molar-refractivity contribution in [2.75, 3.05) is 45.8 Å². The summed E-state index contributed by atoms with van der Waals surface area (Å²) in [5.41, 5.74) is 2.27. The van der Waals surface area contributed by atoms with Crippen molar-refractivity contribution >= 4 is 11.9 Å². The Morgan fingerprint density at radius 2 is 1.93 bits per heavy atom. The van der Waals surface area contributed by atoms with Gasteiger partial charge in [-0.1, -0.05) is 12.1 Å². The van der Waals surface area contributed by atoms with Gasteiger partial charge < -0.3 is 20.3 Å². The summed E-state index contributed by atoms with van der Waals surface area (Å²) >= 11 is 0. The Balaban J connectivity index is 1.88. The summed E-state index contributed by atoms with van der Waals surface area (Å²) in [5, 5.41) is 6.73. The number of piperazine rings is 1. The first-order valence-corrected chi connectivity index (χ1v) is 10.6. The maximum absolute atomic E-state index is 11.4. The van der Waals surface area contributed by atoms with Crippen LogP contribution in [0.2, 0.25) is 0 Å². The Bertz CT molecular complexity index is 682. The zero-order chi connectivity index (χ0) is 21.2. The monoisotopic (exact) mass is 403 g/mol. The first kappa shape index (κ1) is 23.0. The van der Waals surface area contributed by atoms with Gasteiger partial charge in [-0.15, -0.1) is 0 Å². The molecule has 0 radical (unpaired) electrons. The molecule has 1 fully saturated rings. The van der Waals surface area contributed by atoms with Crippen molar-refractivity contribution in [1.29, 1.82) is 0 Å². The van der Waals surface area contributed by atoms with Crippen molar-refractivity contribution in [3.8, 4) is 5.75 Å². The predicted octanol–water partition coefficient (Wildman–Crippen LogP) is 2.00. The minimum absolute atomic E-state index is 0.134. The largest absolute Gasteiger partial charge is 0.491 e. The Morgan fingerprint density at radius 1 is 1.21 bits per heavy atom. The molecule has 0 bridgehead atoms. The van der Waals surface area contributed by atoms with E-state index in [1.165, 1.54) is 5.56 Å². The topological polar surface area (TPSA) is 69.2 Å². The number of carbonyl (C=O) groups excluding carboxylic acids is 1. The van der Waals surface area contributed by atoms with Gasteiger partial charge in [0.2, 0.25) is 5.91 Å². The van der Waals surface area contributed by atoms with E-state index in [4.69, 9.17) is 9.73 Å². The molecule has 2 N–H and O–H groups in total. The Hall–Kier alpha value is -2.28. The highest BCUT2D eigenvalue weighted by atomic mass is 16.5. The fourth-order valence-electron chi connectivity index (χ4n) is 3.28. The number of hydrogen-bond donors (Lipinski definition) is 2. The molecule has 0 spiro atoms. The van der Waals surface area contributed by atoms with Crippen molar-refractivity contribution < 1.29 is 9.53 Å². The van der Waals surface area contributed by atoms with E-state index in [1.54, 1.807) is 6.92 Å². The first-order valence-electron chi connectivity index (χ1n) is 10.6. The van der Waals surface area contributed by atoms with Gasteiger partial charge in [-0.05, 0) is 39.3 Å². The fourth-order valence-corrected chi connectivity index (χ4v) is 3.28. The lowest BCUT2D eigenvalue weighted by atomic mass is 10.1. The standard InChI is InChI=1S/C22H37N5O2/c1-6-23-22(24-9-10-26-11-13-27(14-12-26)19(5)28)25-16-20-8-7-18(4)15-21(20)29-17(2)3/h7-8,15,17H,6,9-14,16H2,1-5H3,(H2,23,24,25). The zero-order valence-corrected chi connectivity index (χ0v) is 18.6. The fraction of sp³-hybridized carbons (Fsp3) is 0.636. The van der Waals surface area contributed by atoms with Gasteiger partial charge in [0.05, 0.1) is 12.6 Å². The number of nitrogens with zero attached hydrogens (tertiary/aromatic N) is 3. The number of nitrogens with one attached hydrogen (secondary N) is 2. The number of rotatable bonds is 8. The van der Waals surface area contributed by atoms with Gasteiger partial charge >= 0.3 is 0 Å². The molecule has 0 saturated carbocycles. The molecule has 7 nitrogen and oxygen atoms in total. The van der Waals surface area contributed by atoms with Crippen LogP contribution in [0.3, 0.4) is 0 Å². The second kappa shape index (κ2) is 11.7. The third kappa shape index (κ3) is 7.93. The van der Waals surface area contributed by atoms with Gasteiger partial charge in [0.25, 0.3) is 0 Å². The van der Waals surface area contributed by atoms with E-state index < -0.39 is 0 Å². The third-order valence-electron chi connectivity index (χ3n) is 4.88. The molecule has 0 aromatic heterocycles. The van der Waals surface area contributed by atoms with Gasteiger partial charge in [-0.3, -0.25) is 9.69 Å². The van der Waals surface area contributed by atoms with E-state index in [0.717, 1.165) is 63.1 Å². The van der Waals surface area contributed by atoms with Crippen LogP contribution >= 0.6 is 0 Å². The average molecular weight is 404 g/mol. The highest BCUT2D eigenvalue weighted by molar-refractivity contribution is 5.79. The molecule has 1 aliphatic heterocycles. The maximum Gasteiger partial charge on any atom is 0.219 e. The summed E-state index contributed by atoms with van der Waals surface area (Å²) in [4.78, 5) is 20.5. The Kier molecular flexibility index (Phi) is 9.25. The van der Waals surface area contributed by atoms with E-state index in [1.807, 2.05) is 18.7 Å². The molecule has 0 atom stereocenters. The Morgan fingerprint density at radius 3 is 2.55 bits per heavy atom. The smallest absolute Gasteiger partial charge is 0.219 e. The van der Waals surface area contributed by atoms with Crippen LogP contribution in [0, 0.1) is 6.92 Å². The maximum atomic E-state index is 11.4. The number of guanidine groups is 1. The highest BCUT2D eigenvalue weighted by Crippen LogP contribution is 2.22. The number of benzene rings is 1. The summed E-state index contributed by atoms with van der Waals surface area (Å²) in [6, 6.07) is 6.26. The molecule has 2 rings (SSSR count). The number of carbonyl (C=O) groups is 1. The first-order chi connectivity index (χ1) is 13.9. The molecular formula is C22H37N5O2. The van der Waals surface area contributed by atoms with E-state index >= 15 is 0 Å². The van der Waals surface area contributed by atoms with Crippen LogP contribution in [-0.4, -0.2) is 73.6 Å². The molecule has 0 unspecified atom stereocenters. The van der Waals surface area contributed by atoms with E-state index in [9.17, 15) is 4.79 Å². The van der Waals surface area contributed by atoms with Crippen LogP contribution in [0.4, 0.5) is 0 Å². The molecule has 1 aromatic rings. The van der Waals surface area contributed by atoms with Crippen LogP contribution in [0.15, 0.2) is 23.2 Å². The van der Waals surface area contributed by atoms with Crippen LogP contribution in [0.25, 0.3) is 0 Å². The number of aryl methyl sites for hydroxylation is 1. The third-order valence-corrected chi connectivity index (χ3v) is 4.88. The van der Waals surface area contributed by atoms with Crippen molar-refractivity contribution in [2.24, 2.45) is 4.99 Å². The second-order valence-corrected chi connectivity index (χ2v) is 7.75. The van der Waals surface area contributed by atoms with Crippen LogP contribution < -0.4 is 15.4 Å². The van der Waals surface area contributed by atoms with Gasteiger partial charge in [0, 0.05) is 58.3 Å². The summed E-state index contributed by atoms with van der Waals surface area (Å²) in [6.07, 6.45) is 0.134. The lowest BCUT2D eigenvalue weighted by Gasteiger charge is -2.34. The molecule has 1 aromatic carbocycles. The summed E-state index contributed by atoms with van der Waals surface area (Å²) in [6.45, 7) is 16.5.